The average Bonchev–Trinajstić information content (AvgIpc) is 3.15. The normalized spacial score (nSPS) is 18.8. The first-order chi connectivity index (χ1) is 10.3. The molecule has 1 atom stereocenters. The fourth-order valence-electron chi connectivity index (χ4n) is 2.33. The summed E-state index contributed by atoms with van der Waals surface area (Å²) in [5.74, 6) is -0.0728. The molecule has 2 aromatic heterocycles. The lowest BCUT2D eigenvalue weighted by atomic mass is 10.1. The lowest BCUT2D eigenvalue weighted by Crippen LogP contribution is -2.22. The molecule has 1 N–H and O–H groups in total. The number of nitrogens with zero attached hydrogens (tertiary/aromatic N) is 3. The molecule has 0 spiro atoms. The molecule has 6 nitrogen and oxygen atoms in total. The van der Waals surface area contributed by atoms with Gasteiger partial charge in [0.1, 0.15) is 0 Å². The van der Waals surface area contributed by atoms with E-state index in [4.69, 9.17) is 9.84 Å². The number of aromatic nitrogens is 3. The Balaban J connectivity index is 1.94. The van der Waals surface area contributed by atoms with E-state index in [0.29, 0.717) is 11.8 Å². The SMILES string of the molecule is O=C(O)CSc1nnc(-c2cccs2)n1C1CCCOC1. The Morgan fingerprint density at radius 2 is 2.48 bits per heavy atom. The summed E-state index contributed by atoms with van der Waals surface area (Å²) in [6, 6.07) is 4.14. The van der Waals surface area contributed by atoms with Crippen molar-refractivity contribution >= 4 is 29.1 Å². The zero-order valence-electron chi connectivity index (χ0n) is 11.3. The first kappa shape index (κ1) is 14.6. The van der Waals surface area contributed by atoms with Gasteiger partial charge in [-0.3, -0.25) is 9.36 Å². The highest BCUT2D eigenvalue weighted by Gasteiger charge is 2.25. The maximum absolute atomic E-state index is 10.8. The minimum Gasteiger partial charge on any atom is -0.481 e. The van der Waals surface area contributed by atoms with Gasteiger partial charge < -0.3 is 9.84 Å². The zero-order chi connectivity index (χ0) is 14.7. The molecule has 21 heavy (non-hydrogen) atoms. The van der Waals surface area contributed by atoms with Crippen molar-refractivity contribution in [2.24, 2.45) is 0 Å². The first-order valence-corrected chi connectivity index (χ1v) is 8.53. The first-order valence-electron chi connectivity index (χ1n) is 6.67. The van der Waals surface area contributed by atoms with Crippen molar-refractivity contribution in [1.29, 1.82) is 0 Å². The predicted molar refractivity (Wildman–Crippen MR) is 80.8 cm³/mol. The van der Waals surface area contributed by atoms with Crippen molar-refractivity contribution in [1.82, 2.24) is 14.8 Å². The van der Waals surface area contributed by atoms with Crippen LogP contribution >= 0.6 is 23.1 Å². The highest BCUT2D eigenvalue weighted by atomic mass is 32.2. The van der Waals surface area contributed by atoms with Crippen molar-refractivity contribution in [3.05, 3.63) is 17.5 Å². The van der Waals surface area contributed by atoms with E-state index >= 15 is 0 Å². The van der Waals surface area contributed by atoms with E-state index in [1.807, 2.05) is 22.1 Å². The Morgan fingerprint density at radius 1 is 1.57 bits per heavy atom. The molecule has 8 heteroatoms. The largest absolute Gasteiger partial charge is 0.481 e. The Labute approximate surface area is 130 Å². The van der Waals surface area contributed by atoms with E-state index in [1.165, 1.54) is 11.8 Å². The molecule has 1 aliphatic heterocycles. The van der Waals surface area contributed by atoms with Gasteiger partial charge in [-0.15, -0.1) is 21.5 Å². The number of hydrogen-bond donors (Lipinski definition) is 1. The molecule has 1 saturated heterocycles. The van der Waals surface area contributed by atoms with Gasteiger partial charge in [-0.1, -0.05) is 17.8 Å². The Bertz CT molecular complexity index is 606. The second-order valence-corrected chi connectivity index (χ2v) is 6.60. The summed E-state index contributed by atoms with van der Waals surface area (Å²) in [6.07, 6.45) is 1.99. The second kappa shape index (κ2) is 6.59. The molecule has 0 aliphatic carbocycles. The van der Waals surface area contributed by atoms with Crippen LogP contribution in [-0.2, 0) is 9.53 Å². The van der Waals surface area contributed by atoms with Crippen molar-refractivity contribution < 1.29 is 14.6 Å². The molecule has 0 amide bonds. The van der Waals surface area contributed by atoms with E-state index in [1.54, 1.807) is 11.3 Å². The number of rotatable bonds is 5. The molecule has 3 rings (SSSR count). The van der Waals surface area contributed by atoms with Crippen LogP contribution in [0.2, 0.25) is 0 Å². The molecule has 1 fully saturated rings. The lowest BCUT2D eigenvalue weighted by Gasteiger charge is -2.25. The van der Waals surface area contributed by atoms with E-state index < -0.39 is 5.97 Å². The van der Waals surface area contributed by atoms with E-state index in [-0.39, 0.29) is 11.8 Å². The summed E-state index contributed by atoms with van der Waals surface area (Å²) in [5.41, 5.74) is 0. The van der Waals surface area contributed by atoms with Gasteiger partial charge in [-0.25, -0.2) is 0 Å². The number of thioether (sulfide) groups is 1. The molecule has 0 saturated carbocycles. The van der Waals surface area contributed by atoms with Crippen molar-refractivity contribution in [2.45, 2.75) is 24.0 Å². The van der Waals surface area contributed by atoms with Gasteiger partial charge in [0.05, 0.1) is 23.3 Å². The molecule has 1 unspecified atom stereocenters. The van der Waals surface area contributed by atoms with Crippen LogP contribution in [0, 0.1) is 0 Å². The summed E-state index contributed by atoms with van der Waals surface area (Å²) in [4.78, 5) is 11.8. The molecular formula is C13H15N3O3S2. The van der Waals surface area contributed by atoms with Crippen LogP contribution in [0.15, 0.2) is 22.7 Å². The van der Waals surface area contributed by atoms with Gasteiger partial charge in [0.2, 0.25) is 0 Å². The topological polar surface area (TPSA) is 77.2 Å². The number of carboxylic acids is 1. The second-order valence-electron chi connectivity index (χ2n) is 4.71. The zero-order valence-corrected chi connectivity index (χ0v) is 12.9. The molecule has 3 heterocycles. The number of ether oxygens (including phenoxy) is 1. The van der Waals surface area contributed by atoms with Crippen molar-refractivity contribution in [3.8, 4) is 10.7 Å². The quantitative estimate of drug-likeness (QED) is 0.851. The van der Waals surface area contributed by atoms with E-state index in [2.05, 4.69) is 10.2 Å². The molecule has 112 valence electrons. The number of thiophene rings is 1. The minimum absolute atomic E-state index is 0.0177. The molecule has 2 aromatic rings. The summed E-state index contributed by atoms with van der Waals surface area (Å²) in [6.45, 7) is 1.40. The fraction of sp³-hybridized carbons (Fsp3) is 0.462. The summed E-state index contributed by atoms with van der Waals surface area (Å²) < 4.78 is 7.60. The van der Waals surface area contributed by atoms with Crippen LogP contribution in [0.25, 0.3) is 10.7 Å². The maximum Gasteiger partial charge on any atom is 0.313 e. The van der Waals surface area contributed by atoms with Crippen LogP contribution < -0.4 is 0 Å². The van der Waals surface area contributed by atoms with Crippen molar-refractivity contribution in [3.63, 3.8) is 0 Å². The van der Waals surface area contributed by atoms with Crippen molar-refractivity contribution in [2.75, 3.05) is 19.0 Å². The monoisotopic (exact) mass is 325 g/mol. The Hall–Kier alpha value is -1.38. The molecular weight excluding hydrogens is 310 g/mol. The van der Waals surface area contributed by atoms with Gasteiger partial charge in [0, 0.05) is 6.61 Å². The maximum atomic E-state index is 10.8. The van der Waals surface area contributed by atoms with Gasteiger partial charge in [-0.05, 0) is 24.3 Å². The number of hydrogen-bond acceptors (Lipinski definition) is 6. The number of carbonyl (C=O) groups is 1. The summed E-state index contributed by atoms with van der Waals surface area (Å²) in [7, 11) is 0. The number of carboxylic acid groups (broad SMARTS) is 1. The highest BCUT2D eigenvalue weighted by Crippen LogP contribution is 2.33. The van der Waals surface area contributed by atoms with Crippen LogP contribution in [-0.4, -0.2) is 44.8 Å². The van der Waals surface area contributed by atoms with Crippen LogP contribution in [0.1, 0.15) is 18.9 Å². The third kappa shape index (κ3) is 3.28. The van der Waals surface area contributed by atoms with Gasteiger partial charge >= 0.3 is 5.97 Å². The lowest BCUT2D eigenvalue weighted by molar-refractivity contribution is -0.133. The fourth-order valence-corrected chi connectivity index (χ4v) is 3.76. The van der Waals surface area contributed by atoms with E-state index in [0.717, 1.165) is 30.2 Å². The van der Waals surface area contributed by atoms with Crippen LogP contribution in [0.5, 0.6) is 0 Å². The molecule has 0 radical (unpaired) electrons. The average molecular weight is 325 g/mol. The third-order valence-electron chi connectivity index (χ3n) is 3.23. The molecule has 0 aromatic carbocycles. The third-order valence-corrected chi connectivity index (χ3v) is 5.03. The standard InChI is InChI=1S/C13H15N3O3S2/c17-11(18)8-21-13-15-14-12(10-4-2-6-20-10)16(13)9-3-1-5-19-7-9/h2,4,6,9H,1,3,5,7-8H2,(H,17,18). The van der Waals surface area contributed by atoms with Crippen LogP contribution in [0.3, 0.4) is 0 Å². The number of aliphatic carboxylic acids is 1. The van der Waals surface area contributed by atoms with Gasteiger partial charge in [-0.2, -0.15) is 0 Å². The van der Waals surface area contributed by atoms with Gasteiger partial charge in [0.15, 0.2) is 11.0 Å². The Kier molecular flexibility index (Phi) is 4.57. The molecule has 1 aliphatic rings. The van der Waals surface area contributed by atoms with Gasteiger partial charge in [0.25, 0.3) is 0 Å². The minimum atomic E-state index is -0.855. The van der Waals surface area contributed by atoms with Crippen LogP contribution in [0.4, 0.5) is 0 Å². The highest BCUT2D eigenvalue weighted by molar-refractivity contribution is 7.99. The Morgan fingerprint density at radius 3 is 3.14 bits per heavy atom. The summed E-state index contributed by atoms with van der Waals surface area (Å²) in [5, 5.41) is 20.0. The smallest absolute Gasteiger partial charge is 0.313 e. The predicted octanol–water partition coefficient (Wildman–Crippen LogP) is 2.53. The molecule has 0 bridgehead atoms. The summed E-state index contributed by atoms with van der Waals surface area (Å²) >= 11 is 2.81. The van der Waals surface area contributed by atoms with E-state index in [9.17, 15) is 4.79 Å².